The van der Waals surface area contributed by atoms with Crippen molar-refractivity contribution in [2.75, 3.05) is 33.6 Å². The summed E-state index contributed by atoms with van der Waals surface area (Å²) in [7, 11) is 1.11. The van der Waals surface area contributed by atoms with E-state index in [-0.39, 0.29) is 39.2 Å². The largest absolute Gasteiger partial charge is 0.494 e. The number of alkyl halides is 8. The van der Waals surface area contributed by atoms with Crippen molar-refractivity contribution in [2.45, 2.75) is 23.4 Å². The fourth-order valence-corrected chi connectivity index (χ4v) is 4.83. The van der Waals surface area contributed by atoms with Gasteiger partial charge in [-0.05, 0) is 48.5 Å². The number of rotatable bonds is 8. The Balaban J connectivity index is 1.58. The number of carbonyl (C=O) groups excluding carboxylic acids is 1. The summed E-state index contributed by atoms with van der Waals surface area (Å²) in [5, 5.41) is 19.3. The molecule has 0 bridgehead atoms. The van der Waals surface area contributed by atoms with E-state index in [1.807, 2.05) is 5.32 Å². The number of amides is 1. The number of nitrogens with one attached hydrogen (secondary N) is 1. The van der Waals surface area contributed by atoms with Gasteiger partial charge in [0.25, 0.3) is 5.91 Å². The first-order valence-electron chi connectivity index (χ1n) is 13.1. The van der Waals surface area contributed by atoms with E-state index in [9.17, 15) is 49.4 Å². The third-order valence-electron chi connectivity index (χ3n) is 7.49. The molecule has 1 aliphatic heterocycles. The third-order valence-corrected chi connectivity index (χ3v) is 7.49. The zero-order valence-electron chi connectivity index (χ0n) is 23.4. The van der Waals surface area contributed by atoms with Crippen LogP contribution in [0.3, 0.4) is 0 Å². The second-order valence-corrected chi connectivity index (χ2v) is 10.5. The number of hydrogen-bond acceptors (Lipinski definition) is 7. The van der Waals surface area contributed by atoms with E-state index < -0.39 is 78.5 Å². The minimum atomic E-state index is -5.56. The lowest BCUT2D eigenvalue weighted by molar-refractivity contribution is -0.265. The van der Waals surface area contributed by atoms with Gasteiger partial charge in [0, 0.05) is 22.1 Å². The quantitative estimate of drug-likeness (QED) is 0.237. The molecule has 244 valence electrons. The Bertz CT molecular complexity index is 1800. The molecule has 2 aromatic heterocycles. The summed E-state index contributed by atoms with van der Waals surface area (Å²) in [6.45, 7) is -5.01. The van der Waals surface area contributed by atoms with Crippen LogP contribution in [-0.4, -0.2) is 66.0 Å². The molecule has 3 heterocycles. The summed E-state index contributed by atoms with van der Waals surface area (Å²) in [6, 6.07) is 7.25. The molecular weight excluding hydrogens is 639 g/mol. The van der Waals surface area contributed by atoms with Crippen LogP contribution in [-0.2, 0) is 17.2 Å². The van der Waals surface area contributed by atoms with Gasteiger partial charge in [-0.25, -0.2) is 18.2 Å². The minimum absolute atomic E-state index is 0.00818. The molecule has 0 spiro atoms. The van der Waals surface area contributed by atoms with E-state index in [0.717, 1.165) is 43.5 Å². The maximum absolute atomic E-state index is 14.6. The fraction of sp³-hybridized carbons (Fsp3) is 0.310. The molecule has 0 radical (unpaired) electrons. The number of aromatic nitrogens is 3. The van der Waals surface area contributed by atoms with Gasteiger partial charge in [0.2, 0.25) is 5.60 Å². The fourth-order valence-electron chi connectivity index (χ4n) is 4.83. The first-order valence-corrected chi connectivity index (χ1v) is 13.1. The molecule has 1 unspecified atom stereocenters. The Morgan fingerprint density at radius 2 is 1.67 bits per heavy atom. The van der Waals surface area contributed by atoms with E-state index in [4.69, 9.17) is 9.47 Å². The van der Waals surface area contributed by atoms with Crippen molar-refractivity contribution < 1.29 is 58.9 Å². The normalized spacial score (nSPS) is 15.6. The molecule has 2 aromatic carbocycles. The van der Waals surface area contributed by atoms with Crippen LogP contribution in [0.15, 0.2) is 48.5 Å². The monoisotopic (exact) mass is 660 g/mol. The molecule has 8 nitrogen and oxygen atoms in total. The number of carbonyl (C=O) groups is 1. The Labute approximate surface area is 253 Å². The highest BCUT2D eigenvalue weighted by molar-refractivity contribution is 6.00. The number of fused-ring (bicyclic) bond motifs is 2. The predicted octanol–water partition coefficient (Wildman–Crippen LogP) is 5.61. The lowest BCUT2D eigenvalue weighted by atomic mass is 9.82. The van der Waals surface area contributed by atoms with Crippen LogP contribution in [0.5, 0.6) is 11.5 Å². The lowest BCUT2D eigenvalue weighted by Crippen LogP contribution is -2.51. The SMILES string of the molecule is COc1cc(C(=O)NCC(O)(c2cc3c(c(-c4ccc(F)cc4)n2)OCC3(CF)CF)C(F)(F)F)cc2cc(C(F)(F)F)nnc12. The van der Waals surface area contributed by atoms with Gasteiger partial charge in [0.15, 0.2) is 5.69 Å². The van der Waals surface area contributed by atoms with Gasteiger partial charge >= 0.3 is 12.4 Å². The molecule has 4 aromatic rings. The maximum Gasteiger partial charge on any atom is 0.435 e. The van der Waals surface area contributed by atoms with E-state index in [0.29, 0.717) is 12.1 Å². The van der Waals surface area contributed by atoms with E-state index in [2.05, 4.69) is 15.2 Å². The zero-order chi connectivity index (χ0) is 33.7. The summed E-state index contributed by atoms with van der Waals surface area (Å²) >= 11 is 0. The van der Waals surface area contributed by atoms with Crippen molar-refractivity contribution in [1.82, 2.24) is 20.5 Å². The Kier molecular flexibility index (Phi) is 8.25. The van der Waals surface area contributed by atoms with E-state index in [1.54, 1.807) is 0 Å². The zero-order valence-corrected chi connectivity index (χ0v) is 23.4. The summed E-state index contributed by atoms with van der Waals surface area (Å²) in [5.41, 5.74) is -10.0. The molecule has 0 saturated heterocycles. The van der Waals surface area contributed by atoms with Crippen LogP contribution in [0.25, 0.3) is 22.2 Å². The lowest BCUT2D eigenvalue weighted by Gasteiger charge is -2.31. The number of hydrogen-bond donors (Lipinski definition) is 2. The van der Waals surface area contributed by atoms with Crippen molar-refractivity contribution in [3.8, 4) is 22.8 Å². The molecule has 2 N–H and O–H groups in total. The van der Waals surface area contributed by atoms with Crippen molar-refractivity contribution in [1.29, 1.82) is 0 Å². The highest BCUT2D eigenvalue weighted by Gasteiger charge is 2.57. The Morgan fingerprint density at radius 3 is 2.26 bits per heavy atom. The van der Waals surface area contributed by atoms with Crippen LogP contribution in [0.4, 0.5) is 39.5 Å². The molecule has 1 atom stereocenters. The minimum Gasteiger partial charge on any atom is -0.494 e. The number of aliphatic hydroxyl groups is 1. The van der Waals surface area contributed by atoms with Gasteiger partial charge in [-0.2, -0.15) is 26.3 Å². The topological polar surface area (TPSA) is 106 Å². The number of methoxy groups -OCH3 is 1. The number of benzene rings is 2. The van der Waals surface area contributed by atoms with Crippen LogP contribution < -0.4 is 14.8 Å². The van der Waals surface area contributed by atoms with Crippen molar-refractivity contribution in [2.24, 2.45) is 0 Å². The van der Waals surface area contributed by atoms with Crippen molar-refractivity contribution >= 4 is 16.8 Å². The molecule has 1 aliphatic rings. The number of ether oxygens (including phenoxy) is 2. The summed E-state index contributed by atoms with van der Waals surface area (Å²) < 4.78 is 136. The van der Waals surface area contributed by atoms with Gasteiger partial charge in [-0.3, -0.25) is 4.79 Å². The molecule has 0 fully saturated rings. The smallest absolute Gasteiger partial charge is 0.435 e. The molecule has 5 rings (SSSR count). The van der Waals surface area contributed by atoms with Gasteiger partial charge < -0.3 is 19.9 Å². The van der Waals surface area contributed by atoms with Gasteiger partial charge in [0.1, 0.15) is 48.5 Å². The highest BCUT2D eigenvalue weighted by atomic mass is 19.4. The van der Waals surface area contributed by atoms with Crippen LogP contribution >= 0.6 is 0 Å². The van der Waals surface area contributed by atoms with Crippen LogP contribution in [0.1, 0.15) is 27.3 Å². The average molecular weight is 660 g/mol. The third kappa shape index (κ3) is 5.63. The second-order valence-electron chi connectivity index (χ2n) is 10.5. The Morgan fingerprint density at radius 1 is 1.00 bits per heavy atom. The number of halogens is 9. The Hall–Kier alpha value is -4.67. The standard InChI is InChI=1S/C29H21F9N4O4/c1-45-19-7-16(6-15-8-21(28(33,34)35)41-42-22(15)19)25(43)39-12-27(44,29(36,37)38)20-9-18-24(46-13-26(18,10-30)11-31)23(40-20)14-2-4-17(32)5-3-14/h2-9,44H,10-13H2,1H3,(H,39,43). The summed E-state index contributed by atoms with van der Waals surface area (Å²) in [4.78, 5) is 17.0. The molecular formula is C29H21F9N4O4. The number of nitrogens with zero attached hydrogens (tertiary/aromatic N) is 3. The van der Waals surface area contributed by atoms with Crippen LogP contribution in [0.2, 0.25) is 0 Å². The summed E-state index contributed by atoms with van der Waals surface area (Å²) in [5.74, 6) is -2.49. The van der Waals surface area contributed by atoms with Crippen molar-refractivity contribution in [3.05, 3.63) is 76.9 Å². The first-order chi connectivity index (χ1) is 21.6. The van der Waals surface area contributed by atoms with E-state index >= 15 is 0 Å². The maximum atomic E-state index is 14.6. The highest BCUT2D eigenvalue weighted by Crippen LogP contribution is 2.48. The molecule has 46 heavy (non-hydrogen) atoms. The van der Waals surface area contributed by atoms with Crippen molar-refractivity contribution in [3.63, 3.8) is 0 Å². The van der Waals surface area contributed by atoms with Gasteiger partial charge in [0.05, 0.1) is 24.8 Å². The number of pyridine rings is 1. The molecule has 0 saturated carbocycles. The van der Waals surface area contributed by atoms with Gasteiger partial charge in [-0.1, -0.05) is 0 Å². The van der Waals surface area contributed by atoms with Gasteiger partial charge in [-0.15, -0.1) is 10.2 Å². The first kappa shape index (κ1) is 32.7. The molecule has 0 aliphatic carbocycles. The molecule has 1 amide bonds. The average Bonchev–Trinajstić information content (AvgIpc) is 3.40. The summed E-state index contributed by atoms with van der Waals surface area (Å²) in [6.07, 6.45) is -10.5. The molecule has 17 heteroatoms. The predicted molar refractivity (Wildman–Crippen MR) is 142 cm³/mol. The van der Waals surface area contributed by atoms with Crippen LogP contribution in [0, 0.1) is 5.82 Å². The van der Waals surface area contributed by atoms with E-state index in [1.165, 1.54) is 0 Å². The second kappa shape index (κ2) is 11.6.